The van der Waals surface area contributed by atoms with Crippen LogP contribution in [-0.4, -0.2) is 22.0 Å². The molecule has 0 aliphatic rings. The number of hydrogen-bond acceptors (Lipinski definition) is 3. The molecule has 0 spiro atoms. The average molecular weight is 470 g/mol. The van der Waals surface area contributed by atoms with E-state index in [9.17, 15) is 40.8 Å². The van der Waals surface area contributed by atoms with Gasteiger partial charge in [0, 0.05) is 18.4 Å². The summed E-state index contributed by atoms with van der Waals surface area (Å²) in [5.74, 6) is -2.38. The molecule has 3 aromatic rings. The van der Waals surface area contributed by atoms with Crippen molar-refractivity contribution in [1.82, 2.24) is 9.55 Å². The molecule has 1 aromatic carbocycles. The fourth-order valence-electron chi connectivity index (χ4n) is 3.13. The number of carbonyl (C=O) groups excluding carboxylic acids is 1. The van der Waals surface area contributed by atoms with Gasteiger partial charge in [-0.25, -0.2) is 9.37 Å². The van der Waals surface area contributed by atoms with Crippen molar-refractivity contribution in [2.75, 3.05) is 11.4 Å². The van der Waals surface area contributed by atoms with Gasteiger partial charge in [-0.3, -0.25) is 9.36 Å². The molecule has 172 valence electrons. The minimum Gasteiger partial charge on any atom is -0.307 e. The minimum atomic E-state index is -5.29. The van der Waals surface area contributed by atoms with Crippen molar-refractivity contribution in [3.05, 3.63) is 77.0 Å². The summed E-state index contributed by atoms with van der Waals surface area (Å²) in [6.07, 6.45) is -9.51. The van der Waals surface area contributed by atoms with E-state index in [4.69, 9.17) is 0 Å². The lowest BCUT2D eigenvalue weighted by atomic mass is 10.1. The summed E-state index contributed by atoms with van der Waals surface area (Å²) in [6, 6.07) is 8.11. The first-order chi connectivity index (χ1) is 15.4. The maximum absolute atomic E-state index is 13.5. The molecule has 0 aliphatic heterocycles. The van der Waals surface area contributed by atoms with Gasteiger partial charge >= 0.3 is 12.4 Å². The number of nitrogens with zero attached hydrogens (tertiary/aromatic N) is 4. The predicted molar refractivity (Wildman–Crippen MR) is 102 cm³/mol. The SMILES string of the molecule is CCN(C(=O)c1cccn1-c1nc(C(F)(F)F)cc(C(F)(F)F)c1C#N)c1ccc(F)cc1. The molecule has 5 nitrogen and oxygen atoms in total. The van der Waals surface area contributed by atoms with Crippen LogP contribution in [0.1, 0.15) is 34.2 Å². The van der Waals surface area contributed by atoms with Crippen LogP contribution >= 0.6 is 0 Å². The molecule has 0 saturated carbocycles. The van der Waals surface area contributed by atoms with Gasteiger partial charge in [0.15, 0.2) is 5.82 Å². The molecular formula is C21H13F7N4O. The van der Waals surface area contributed by atoms with Gasteiger partial charge in [-0.1, -0.05) is 0 Å². The fourth-order valence-corrected chi connectivity index (χ4v) is 3.13. The summed E-state index contributed by atoms with van der Waals surface area (Å²) in [6.45, 7) is 1.62. The predicted octanol–water partition coefficient (Wildman–Crippen LogP) is 5.59. The fraction of sp³-hybridized carbons (Fsp3) is 0.190. The lowest BCUT2D eigenvalue weighted by Crippen LogP contribution is -2.32. The average Bonchev–Trinajstić information content (AvgIpc) is 3.23. The Hall–Kier alpha value is -3.88. The van der Waals surface area contributed by atoms with Gasteiger partial charge in [-0.15, -0.1) is 0 Å². The van der Waals surface area contributed by atoms with Crippen LogP contribution in [0.4, 0.5) is 36.4 Å². The summed E-state index contributed by atoms with van der Waals surface area (Å²) < 4.78 is 94.2. The maximum Gasteiger partial charge on any atom is 0.433 e. The van der Waals surface area contributed by atoms with Crippen molar-refractivity contribution in [2.24, 2.45) is 0 Å². The van der Waals surface area contributed by atoms with E-state index in [0.717, 1.165) is 29.3 Å². The first kappa shape index (κ1) is 23.8. The van der Waals surface area contributed by atoms with Crippen LogP contribution in [0, 0.1) is 17.1 Å². The molecule has 2 heterocycles. The highest BCUT2D eigenvalue weighted by Gasteiger charge is 2.41. The van der Waals surface area contributed by atoms with E-state index in [2.05, 4.69) is 4.98 Å². The number of anilines is 1. The van der Waals surface area contributed by atoms with Crippen LogP contribution in [-0.2, 0) is 12.4 Å². The topological polar surface area (TPSA) is 61.9 Å². The quantitative estimate of drug-likeness (QED) is 0.468. The maximum atomic E-state index is 13.5. The summed E-state index contributed by atoms with van der Waals surface area (Å²) in [5.41, 5.74) is -4.99. The van der Waals surface area contributed by atoms with E-state index in [-0.39, 0.29) is 24.0 Å². The van der Waals surface area contributed by atoms with E-state index in [0.29, 0.717) is 4.57 Å². The number of rotatable bonds is 4. The number of halogens is 7. The monoisotopic (exact) mass is 470 g/mol. The Morgan fingerprint density at radius 2 is 1.73 bits per heavy atom. The zero-order valence-corrected chi connectivity index (χ0v) is 16.7. The van der Waals surface area contributed by atoms with Crippen LogP contribution in [0.2, 0.25) is 0 Å². The number of carbonyl (C=O) groups is 1. The minimum absolute atomic E-state index is 0.0462. The highest BCUT2D eigenvalue weighted by atomic mass is 19.4. The zero-order chi connectivity index (χ0) is 24.6. The highest BCUT2D eigenvalue weighted by Crippen LogP contribution is 2.38. The molecule has 3 rings (SSSR count). The van der Waals surface area contributed by atoms with E-state index in [1.165, 1.54) is 24.3 Å². The van der Waals surface area contributed by atoms with Gasteiger partial charge in [0.25, 0.3) is 5.91 Å². The second-order valence-electron chi connectivity index (χ2n) is 6.65. The third-order valence-electron chi connectivity index (χ3n) is 4.60. The third-order valence-corrected chi connectivity index (χ3v) is 4.60. The molecule has 0 bridgehead atoms. The lowest BCUT2D eigenvalue weighted by Gasteiger charge is -2.22. The van der Waals surface area contributed by atoms with Crippen molar-refractivity contribution >= 4 is 11.6 Å². The van der Waals surface area contributed by atoms with Crippen LogP contribution in [0.5, 0.6) is 0 Å². The number of nitriles is 1. The second-order valence-corrected chi connectivity index (χ2v) is 6.65. The number of hydrogen-bond donors (Lipinski definition) is 0. The van der Waals surface area contributed by atoms with Gasteiger partial charge in [0.1, 0.15) is 28.8 Å². The molecule has 0 aliphatic carbocycles. The first-order valence-electron chi connectivity index (χ1n) is 9.23. The van der Waals surface area contributed by atoms with Crippen molar-refractivity contribution in [3.63, 3.8) is 0 Å². The molecule has 33 heavy (non-hydrogen) atoms. The summed E-state index contributed by atoms with van der Waals surface area (Å²) in [7, 11) is 0. The Labute approximate surface area is 182 Å². The Morgan fingerprint density at radius 3 is 2.24 bits per heavy atom. The van der Waals surface area contributed by atoms with Crippen molar-refractivity contribution in [2.45, 2.75) is 19.3 Å². The number of alkyl halides is 6. The standard InChI is InChI=1S/C21H13F7N4O/c1-2-31(13-7-5-12(22)6-8-13)19(33)16-4-3-9-32(16)18-14(11-29)15(20(23,24)25)10-17(30-18)21(26,27)28/h3-10H,2H2,1H3. The number of benzene rings is 1. The van der Waals surface area contributed by atoms with Gasteiger partial charge < -0.3 is 4.90 Å². The Morgan fingerprint density at radius 1 is 1.09 bits per heavy atom. The smallest absolute Gasteiger partial charge is 0.307 e. The van der Waals surface area contributed by atoms with Crippen molar-refractivity contribution in [1.29, 1.82) is 5.26 Å². The highest BCUT2D eigenvalue weighted by molar-refractivity contribution is 6.05. The van der Waals surface area contributed by atoms with Crippen molar-refractivity contribution in [3.8, 4) is 11.9 Å². The van der Waals surface area contributed by atoms with E-state index >= 15 is 0 Å². The van der Waals surface area contributed by atoms with Crippen LogP contribution < -0.4 is 4.90 Å². The number of amides is 1. The molecule has 0 N–H and O–H groups in total. The van der Waals surface area contributed by atoms with E-state index in [1.807, 2.05) is 0 Å². The summed E-state index contributed by atoms with van der Waals surface area (Å²) in [5, 5.41) is 9.33. The molecule has 0 fully saturated rings. The Kier molecular flexibility index (Phi) is 6.18. The molecule has 0 saturated heterocycles. The molecule has 0 radical (unpaired) electrons. The Bertz CT molecular complexity index is 1220. The van der Waals surface area contributed by atoms with Gasteiger partial charge in [0.05, 0.1) is 5.56 Å². The second kappa shape index (κ2) is 8.57. The van der Waals surface area contributed by atoms with Crippen LogP contribution in [0.3, 0.4) is 0 Å². The first-order valence-corrected chi connectivity index (χ1v) is 9.23. The zero-order valence-electron chi connectivity index (χ0n) is 16.7. The molecule has 0 atom stereocenters. The number of aromatic nitrogens is 2. The van der Waals surface area contributed by atoms with Crippen LogP contribution in [0.25, 0.3) is 5.82 Å². The molecular weight excluding hydrogens is 457 g/mol. The normalized spacial score (nSPS) is 11.8. The molecule has 0 unspecified atom stereocenters. The van der Waals surface area contributed by atoms with Gasteiger partial charge in [0.2, 0.25) is 0 Å². The molecule has 2 aromatic heterocycles. The summed E-state index contributed by atoms with van der Waals surface area (Å²) in [4.78, 5) is 17.5. The van der Waals surface area contributed by atoms with Gasteiger partial charge in [-0.2, -0.15) is 31.6 Å². The largest absolute Gasteiger partial charge is 0.433 e. The molecule has 12 heteroatoms. The molecule has 1 amide bonds. The van der Waals surface area contributed by atoms with E-state index < -0.39 is 46.7 Å². The Balaban J connectivity index is 2.22. The van der Waals surface area contributed by atoms with Crippen LogP contribution in [0.15, 0.2) is 48.7 Å². The van der Waals surface area contributed by atoms with Crippen molar-refractivity contribution < 1.29 is 35.5 Å². The summed E-state index contributed by atoms with van der Waals surface area (Å²) >= 11 is 0. The lowest BCUT2D eigenvalue weighted by molar-refractivity contribution is -0.145. The third kappa shape index (κ3) is 4.67. The van der Waals surface area contributed by atoms with Gasteiger partial charge in [-0.05, 0) is 49.4 Å². The number of pyridine rings is 1. The van der Waals surface area contributed by atoms with E-state index in [1.54, 1.807) is 6.92 Å².